The highest BCUT2D eigenvalue weighted by molar-refractivity contribution is 6.30. The number of carboxylic acids is 2. The molecule has 13 nitrogen and oxygen atoms in total. The van der Waals surface area contributed by atoms with E-state index in [0.29, 0.717) is 28.4 Å². The van der Waals surface area contributed by atoms with Crippen LogP contribution >= 0.6 is 11.6 Å². The summed E-state index contributed by atoms with van der Waals surface area (Å²) in [4.78, 5) is 53.6. The van der Waals surface area contributed by atoms with E-state index in [0.717, 1.165) is 0 Å². The Labute approximate surface area is 279 Å². The number of aliphatic carboxylic acids is 2. The summed E-state index contributed by atoms with van der Waals surface area (Å²) in [7, 11) is 0. The van der Waals surface area contributed by atoms with Gasteiger partial charge < -0.3 is 30.9 Å². The SMILES string of the molecule is CC(C)CC(C(=O)NC(CCOCC(NC(=O)CC(C)(C)C)C(=O)O)C(=O)O)c1ccc(N=C(NC#N)Nc2ccc(Cl)cc2)cc1. The van der Waals surface area contributed by atoms with E-state index in [-0.39, 0.29) is 43.3 Å². The predicted octanol–water partition coefficient (Wildman–Crippen LogP) is 4.62. The molecule has 2 rings (SSSR count). The lowest BCUT2D eigenvalue weighted by Gasteiger charge is -2.23. The lowest BCUT2D eigenvalue weighted by molar-refractivity contribution is -0.145. The lowest BCUT2D eigenvalue weighted by Crippen LogP contribution is -2.46. The van der Waals surface area contributed by atoms with Crippen LogP contribution in [0.4, 0.5) is 11.4 Å². The van der Waals surface area contributed by atoms with E-state index in [4.69, 9.17) is 21.6 Å². The number of carboxylic acid groups (broad SMARTS) is 2. The van der Waals surface area contributed by atoms with Gasteiger partial charge in [0.05, 0.1) is 18.2 Å². The zero-order valence-electron chi connectivity index (χ0n) is 27.2. The second kappa shape index (κ2) is 18.5. The van der Waals surface area contributed by atoms with Crippen LogP contribution in [0, 0.1) is 22.8 Å². The van der Waals surface area contributed by atoms with E-state index in [2.05, 4.69) is 26.3 Å². The molecule has 0 heterocycles. The van der Waals surface area contributed by atoms with Gasteiger partial charge in [0.25, 0.3) is 0 Å². The maximum Gasteiger partial charge on any atom is 0.328 e. The summed E-state index contributed by atoms with van der Waals surface area (Å²) < 4.78 is 5.41. The highest BCUT2D eigenvalue weighted by Gasteiger charge is 2.28. The quantitative estimate of drug-likeness (QED) is 0.0481. The largest absolute Gasteiger partial charge is 0.480 e. The number of ether oxygens (including phenoxy) is 1. The van der Waals surface area contributed by atoms with Crippen molar-refractivity contribution in [2.45, 2.75) is 71.9 Å². The van der Waals surface area contributed by atoms with Crippen LogP contribution in [0.3, 0.4) is 0 Å². The number of amides is 2. The zero-order chi connectivity index (χ0) is 35.1. The number of aliphatic imine (C=N–C) groups is 1. The van der Waals surface area contributed by atoms with E-state index in [1.54, 1.807) is 48.5 Å². The number of anilines is 1. The predicted molar refractivity (Wildman–Crippen MR) is 178 cm³/mol. The number of benzene rings is 2. The third-order valence-corrected chi connectivity index (χ3v) is 6.87. The average Bonchev–Trinajstić information content (AvgIpc) is 2.97. The van der Waals surface area contributed by atoms with Gasteiger partial charge in [0.1, 0.15) is 6.04 Å². The molecule has 0 saturated heterocycles. The fraction of sp³-hybridized carbons (Fsp3) is 0.455. The van der Waals surface area contributed by atoms with Crippen molar-refractivity contribution >= 4 is 52.7 Å². The Kier molecular flexibility index (Phi) is 15.1. The molecule has 2 amide bonds. The molecule has 47 heavy (non-hydrogen) atoms. The van der Waals surface area contributed by atoms with Crippen LogP contribution in [0.5, 0.6) is 0 Å². The minimum atomic E-state index is -1.30. The van der Waals surface area contributed by atoms with Crippen LogP contribution < -0.4 is 21.3 Å². The maximum absolute atomic E-state index is 13.4. The second-order valence-electron chi connectivity index (χ2n) is 12.6. The summed E-state index contributed by atoms with van der Waals surface area (Å²) >= 11 is 5.93. The Morgan fingerprint density at radius 3 is 2.11 bits per heavy atom. The van der Waals surface area contributed by atoms with E-state index in [1.165, 1.54) is 0 Å². The van der Waals surface area contributed by atoms with Gasteiger partial charge in [-0.15, -0.1) is 0 Å². The highest BCUT2D eigenvalue weighted by Crippen LogP contribution is 2.27. The lowest BCUT2D eigenvalue weighted by atomic mass is 9.89. The Hall–Kier alpha value is -4.67. The van der Waals surface area contributed by atoms with E-state index in [9.17, 15) is 29.4 Å². The first-order valence-corrected chi connectivity index (χ1v) is 15.4. The fourth-order valence-corrected chi connectivity index (χ4v) is 4.55. The summed E-state index contributed by atoms with van der Waals surface area (Å²) in [5, 5.41) is 39.4. The molecule has 2 aromatic rings. The van der Waals surface area contributed by atoms with Gasteiger partial charge in [0.15, 0.2) is 12.2 Å². The van der Waals surface area contributed by atoms with Crippen LogP contribution in [0.25, 0.3) is 0 Å². The van der Waals surface area contributed by atoms with Gasteiger partial charge >= 0.3 is 11.9 Å². The third kappa shape index (κ3) is 14.5. The van der Waals surface area contributed by atoms with Crippen molar-refractivity contribution in [1.82, 2.24) is 16.0 Å². The van der Waals surface area contributed by atoms with Gasteiger partial charge in [0.2, 0.25) is 17.8 Å². The van der Waals surface area contributed by atoms with Crippen LogP contribution in [-0.2, 0) is 23.9 Å². The van der Waals surface area contributed by atoms with Crippen molar-refractivity contribution in [3.8, 4) is 6.19 Å². The molecule has 0 aliphatic rings. The number of rotatable bonds is 16. The molecule has 3 unspecified atom stereocenters. The Morgan fingerprint density at radius 1 is 0.957 bits per heavy atom. The smallest absolute Gasteiger partial charge is 0.328 e. The molecule has 6 N–H and O–H groups in total. The fourth-order valence-electron chi connectivity index (χ4n) is 4.42. The molecule has 2 aromatic carbocycles. The summed E-state index contributed by atoms with van der Waals surface area (Å²) in [5.74, 6) is -3.87. The number of nitrogens with one attached hydrogen (secondary N) is 4. The monoisotopic (exact) mass is 670 g/mol. The van der Waals surface area contributed by atoms with Gasteiger partial charge in [-0.05, 0) is 59.7 Å². The summed E-state index contributed by atoms with van der Waals surface area (Å²) in [5.41, 5.74) is 1.46. The molecule has 254 valence electrons. The molecule has 0 radical (unpaired) electrons. The number of hydrogen-bond donors (Lipinski definition) is 6. The number of carbonyl (C=O) groups excluding carboxylic acids is 2. The number of nitrogens with zero attached hydrogens (tertiary/aromatic N) is 2. The molecule has 0 bridgehead atoms. The summed E-state index contributed by atoms with van der Waals surface area (Å²) in [6.45, 7) is 8.92. The molecule has 0 spiro atoms. The van der Waals surface area contributed by atoms with Gasteiger partial charge in [0, 0.05) is 30.2 Å². The first-order chi connectivity index (χ1) is 22.1. The van der Waals surface area contributed by atoms with Gasteiger partial charge in [-0.1, -0.05) is 58.4 Å². The Morgan fingerprint density at radius 2 is 1.57 bits per heavy atom. The maximum atomic E-state index is 13.4. The van der Waals surface area contributed by atoms with E-state index >= 15 is 0 Å². The molecule has 0 fully saturated rings. The number of carbonyl (C=O) groups is 4. The third-order valence-electron chi connectivity index (χ3n) is 6.62. The average molecular weight is 671 g/mol. The molecule has 0 saturated carbocycles. The normalized spacial score (nSPS) is 13.5. The zero-order valence-corrected chi connectivity index (χ0v) is 27.9. The summed E-state index contributed by atoms with van der Waals surface area (Å²) in [6, 6.07) is 11.0. The highest BCUT2D eigenvalue weighted by atomic mass is 35.5. The topological polar surface area (TPSA) is 202 Å². The minimum Gasteiger partial charge on any atom is -0.480 e. The van der Waals surface area contributed by atoms with Crippen molar-refractivity contribution in [2.75, 3.05) is 18.5 Å². The second-order valence-corrected chi connectivity index (χ2v) is 13.0. The van der Waals surface area contributed by atoms with Crippen LogP contribution in [-0.4, -0.2) is 65.2 Å². The van der Waals surface area contributed by atoms with E-state index < -0.39 is 41.8 Å². The molecular formula is C33H43ClN6O7. The number of halogens is 1. The molecule has 0 aliphatic carbocycles. The van der Waals surface area contributed by atoms with Crippen molar-refractivity contribution in [3.63, 3.8) is 0 Å². The number of guanidine groups is 1. The van der Waals surface area contributed by atoms with Crippen molar-refractivity contribution in [1.29, 1.82) is 5.26 Å². The summed E-state index contributed by atoms with van der Waals surface area (Å²) in [6.07, 6.45) is 2.27. The molecule has 3 atom stereocenters. The number of hydrogen-bond acceptors (Lipinski definition) is 7. The molecule has 14 heteroatoms. The molecule has 0 aliphatic heterocycles. The van der Waals surface area contributed by atoms with Gasteiger partial charge in [-0.2, -0.15) is 5.26 Å². The minimum absolute atomic E-state index is 0.103. The van der Waals surface area contributed by atoms with Crippen molar-refractivity contribution in [3.05, 3.63) is 59.1 Å². The first kappa shape index (κ1) is 38.5. The van der Waals surface area contributed by atoms with Gasteiger partial charge in [-0.25, -0.2) is 14.6 Å². The van der Waals surface area contributed by atoms with Crippen molar-refractivity contribution < 1.29 is 34.1 Å². The van der Waals surface area contributed by atoms with Crippen LogP contribution in [0.15, 0.2) is 53.5 Å². The molecular weight excluding hydrogens is 628 g/mol. The van der Waals surface area contributed by atoms with Crippen LogP contribution in [0.2, 0.25) is 5.02 Å². The Bertz CT molecular complexity index is 1430. The molecule has 0 aromatic heterocycles. The van der Waals surface area contributed by atoms with Gasteiger partial charge in [-0.3, -0.25) is 14.9 Å². The van der Waals surface area contributed by atoms with Crippen LogP contribution in [0.1, 0.15) is 65.4 Å². The first-order valence-electron chi connectivity index (χ1n) is 15.1. The van der Waals surface area contributed by atoms with E-state index in [1.807, 2.05) is 40.8 Å². The van der Waals surface area contributed by atoms with Crippen molar-refractivity contribution in [2.24, 2.45) is 16.3 Å². The standard InChI is InChI=1S/C33H43ClN6O7/c1-20(2)16-25(21-6-10-23(11-7-21)37-32(36-19-35)38-24-12-8-22(34)9-13-24)29(42)40-26(30(43)44)14-15-47-18-27(31(45)46)39-28(41)17-33(3,4)5/h6-13,20,25-27H,14-18H2,1-5H3,(H,39,41)(H,40,42)(H,43,44)(H,45,46)(H2,36,37,38). The Balaban J connectivity index is 2.08. The number of nitriles is 1.